The summed E-state index contributed by atoms with van der Waals surface area (Å²) in [7, 11) is 0. The molecule has 44 heavy (non-hydrogen) atoms. The van der Waals surface area contributed by atoms with Crippen LogP contribution in [0.4, 0.5) is 0 Å². The van der Waals surface area contributed by atoms with Gasteiger partial charge in [0.15, 0.2) is 5.78 Å². The van der Waals surface area contributed by atoms with E-state index in [1.54, 1.807) is 0 Å². The van der Waals surface area contributed by atoms with Gasteiger partial charge in [-0.15, -0.1) is 0 Å². The van der Waals surface area contributed by atoms with Crippen molar-refractivity contribution in [1.82, 2.24) is 25.3 Å². The number of morpholine rings is 1. The molecule has 3 saturated carbocycles. The number of hydrogen-bond acceptors (Lipinski definition) is 7. The van der Waals surface area contributed by atoms with Crippen molar-refractivity contribution in [1.29, 1.82) is 0 Å². The summed E-state index contributed by atoms with van der Waals surface area (Å²) in [6, 6.07) is 1.35. The highest BCUT2D eigenvalue weighted by atomic mass is 16.5. The topological polar surface area (TPSA) is 77.2 Å². The third-order valence-electron chi connectivity index (χ3n) is 13.1. The zero-order valence-electron chi connectivity index (χ0n) is 27.7. The van der Waals surface area contributed by atoms with E-state index in [0.717, 1.165) is 95.5 Å². The second-order valence-corrected chi connectivity index (χ2v) is 15.5. The van der Waals surface area contributed by atoms with Crippen LogP contribution in [0, 0.1) is 23.7 Å². The van der Waals surface area contributed by atoms with Crippen LogP contribution in [0.3, 0.4) is 0 Å². The lowest BCUT2D eigenvalue weighted by molar-refractivity contribution is -0.210. The number of ether oxygens (including phenoxy) is 1. The van der Waals surface area contributed by atoms with Crippen LogP contribution in [0.25, 0.3) is 0 Å². The summed E-state index contributed by atoms with van der Waals surface area (Å²) in [6.45, 7) is 13.1. The van der Waals surface area contributed by atoms with Gasteiger partial charge in [0.05, 0.1) is 29.9 Å². The average molecular weight is 610 g/mol. The number of carbonyl (C=O) groups excluding carboxylic acids is 2. The fourth-order valence-electron chi connectivity index (χ4n) is 10.7. The third-order valence-corrected chi connectivity index (χ3v) is 13.1. The first-order valence-corrected chi connectivity index (χ1v) is 18.6. The molecular formula is C36H59N5O3. The predicted octanol–water partition coefficient (Wildman–Crippen LogP) is 3.95. The minimum absolute atomic E-state index is 0.0408. The van der Waals surface area contributed by atoms with Crippen LogP contribution in [-0.4, -0.2) is 108 Å². The largest absolute Gasteiger partial charge is 0.369 e. The zero-order valence-corrected chi connectivity index (χ0v) is 27.7. The van der Waals surface area contributed by atoms with E-state index in [-0.39, 0.29) is 47.9 Å². The molecule has 1 amide bonds. The van der Waals surface area contributed by atoms with Crippen molar-refractivity contribution in [3.63, 3.8) is 0 Å². The number of amides is 1. The smallest absolute Gasteiger partial charge is 0.256 e. The summed E-state index contributed by atoms with van der Waals surface area (Å²) in [5.74, 6) is 2.02. The molecule has 0 bridgehead atoms. The summed E-state index contributed by atoms with van der Waals surface area (Å²) in [5, 5.41) is 7.04. The molecule has 246 valence electrons. The lowest BCUT2D eigenvalue weighted by Gasteiger charge is -2.61. The molecule has 4 aliphatic heterocycles. The van der Waals surface area contributed by atoms with Gasteiger partial charge in [-0.3, -0.25) is 14.5 Å². The molecule has 3 saturated heterocycles. The summed E-state index contributed by atoms with van der Waals surface area (Å²) >= 11 is 0. The Labute approximate surface area is 266 Å². The standard InChI is InChI=1S/C36H59N5O3/c1-4-39(5-2)17-9-10-23(3)38-36(43)28-21-41-31-18-24-11-6-7-12-25(24)19-32(31)44-35-30(15-14-27(33(35)41)34(28)42)40-20-26-13-8-16-37-29(26)22-40/h21,23-27,29-33,35,37H,4-20,22H2,1-3H3,(H,38,43). The molecule has 0 radical (unpaired) electrons. The van der Waals surface area contributed by atoms with E-state index in [9.17, 15) is 9.59 Å². The number of carbonyl (C=O) groups is 2. The number of likely N-dealkylation sites (tertiary alicyclic amines) is 1. The molecule has 7 rings (SSSR count). The van der Waals surface area contributed by atoms with Crippen molar-refractivity contribution in [3.05, 3.63) is 11.8 Å². The number of ketones is 1. The van der Waals surface area contributed by atoms with Crippen molar-refractivity contribution in [2.24, 2.45) is 23.7 Å². The van der Waals surface area contributed by atoms with Crippen molar-refractivity contribution in [2.45, 2.75) is 140 Å². The lowest BCUT2D eigenvalue weighted by Crippen LogP contribution is -2.71. The molecule has 7 aliphatic rings. The van der Waals surface area contributed by atoms with Crippen molar-refractivity contribution < 1.29 is 14.3 Å². The predicted molar refractivity (Wildman–Crippen MR) is 173 cm³/mol. The van der Waals surface area contributed by atoms with Gasteiger partial charge in [0.25, 0.3) is 5.91 Å². The minimum atomic E-state index is -0.161. The van der Waals surface area contributed by atoms with Gasteiger partial charge in [-0.2, -0.15) is 0 Å². The Bertz CT molecular complexity index is 1060. The quantitative estimate of drug-likeness (QED) is 0.384. The molecule has 8 nitrogen and oxygen atoms in total. The Balaban J connectivity index is 1.12. The fraction of sp³-hybridized carbons (Fsp3) is 0.889. The van der Waals surface area contributed by atoms with Crippen molar-refractivity contribution in [3.8, 4) is 0 Å². The molecule has 0 aromatic carbocycles. The van der Waals surface area contributed by atoms with Crippen LogP contribution in [0.1, 0.15) is 97.8 Å². The first kappa shape index (κ1) is 31.1. The summed E-state index contributed by atoms with van der Waals surface area (Å²) in [4.78, 5) is 35.7. The lowest BCUT2D eigenvalue weighted by atomic mass is 9.65. The van der Waals surface area contributed by atoms with Gasteiger partial charge in [0.2, 0.25) is 0 Å². The first-order valence-electron chi connectivity index (χ1n) is 18.6. The van der Waals surface area contributed by atoms with Crippen LogP contribution in [0.5, 0.6) is 0 Å². The van der Waals surface area contributed by atoms with Crippen LogP contribution in [-0.2, 0) is 14.3 Å². The third kappa shape index (κ3) is 5.91. The maximum Gasteiger partial charge on any atom is 0.256 e. The Morgan fingerprint density at radius 2 is 1.80 bits per heavy atom. The summed E-state index contributed by atoms with van der Waals surface area (Å²) in [5.41, 5.74) is 0.404. The van der Waals surface area contributed by atoms with Crippen LogP contribution < -0.4 is 10.6 Å². The van der Waals surface area contributed by atoms with E-state index in [1.165, 1.54) is 38.5 Å². The molecule has 11 atom stereocenters. The number of hydrogen-bond donors (Lipinski definition) is 2. The number of nitrogens with zero attached hydrogens (tertiary/aromatic N) is 3. The average Bonchev–Trinajstić information content (AvgIpc) is 3.47. The Kier molecular flexibility index (Phi) is 9.43. The van der Waals surface area contributed by atoms with Gasteiger partial charge in [0.1, 0.15) is 0 Å². The van der Waals surface area contributed by atoms with Gasteiger partial charge in [-0.1, -0.05) is 39.5 Å². The molecule has 8 heteroatoms. The number of nitrogens with one attached hydrogen (secondary N) is 2. The Morgan fingerprint density at radius 1 is 1.02 bits per heavy atom. The fourth-order valence-corrected chi connectivity index (χ4v) is 10.7. The van der Waals surface area contributed by atoms with Crippen molar-refractivity contribution >= 4 is 11.7 Å². The highest BCUT2D eigenvalue weighted by Crippen LogP contribution is 2.50. The van der Waals surface area contributed by atoms with Gasteiger partial charge in [0, 0.05) is 43.3 Å². The molecule has 0 aromatic rings. The van der Waals surface area contributed by atoms with E-state index in [4.69, 9.17) is 4.74 Å². The second kappa shape index (κ2) is 13.3. The monoisotopic (exact) mass is 609 g/mol. The Morgan fingerprint density at radius 3 is 2.57 bits per heavy atom. The molecular weight excluding hydrogens is 550 g/mol. The highest BCUT2D eigenvalue weighted by molar-refractivity contribution is 6.20. The van der Waals surface area contributed by atoms with Crippen molar-refractivity contribution in [2.75, 3.05) is 39.3 Å². The minimum Gasteiger partial charge on any atom is -0.369 e. The number of rotatable bonds is 9. The highest BCUT2D eigenvalue weighted by Gasteiger charge is 2.58. The molecule has 2 N–H and O–H groups in total. The van der Waals surface area contributed by atoms with E-state index in [1.807, 2.05) is 6.20 Å². The molecule has 11 unspecified atom stereocenters. The molecule has 0 spiro atoms. The zero-order chi connectivity index (χ0) is 30.4. The second-order valence-electron chi connectivity index (χ2n) is 15.5. The van der Waals surface area contributed by atoms with Crippen LogP contribution in [0.15, 0.2) is 11.8 Å². The molecule has 0 aromatic heterocycles. The van der Waals surface area contributed by atoms with E-state index in [2.05, 4.69) is 46.1 Å². The van der Waals surface area contributed by atoms with Gasteiger partial charge < -0.3 is 25.2 Å². The maximum atomic E-state index is 14.2. The van der Waals surface area contributed by atoms with Gasteiger partial charge >= 0.3 is 0 Å². The van der Waals surface area contributed by atoms with Crippen LogP contribution >= 0.6 is 0 Å². The van der Waals surface area contributed by atoms with Gasteiger partial charge in [-0.05, 0) is 102 Å². The van der Waals surface area contributed by atoms with Crippen LogP contribution in [0.2, 0.25) is 0 Å². The number of piperidine rings is 1. The number of fused-ring (bicyclic) bond motifs is 4. The SMILES string of the molecule is CCN(CC)CCCC(C)NC(=O)C1=CN2C3CC4CCCCC4CC3OC3C(N4CC5CCCNC5C4)CCC(C1=O)C32. The maximum absolute atomic E-state index is 14.2. The number of Topliss-reactive ketones (excluding diaryl/α,β-unsaturated/α-hetero) is 1. The summed E-state index contributed by atoms with van der Waals surface area (Å²) in [6.07, 6.45) is 16.4. The summed E-state index contributed by atoms with van der Waals surface area (Å²) < 4.78 is 7.26. The molecule has 4 heterocycles. The Hall–Kier alpha value is -1.48. The van der Waals surface area contributed by atoms with Gasteiger partial charge in [-0.25, -0.2) is 0 Å². The normalized spacial score (nSPS) is 40.9. The molecule has 6 fully saturated rings. The van der Waals surface area contributed by atoms with E-state index < -0.39 is 0 Å². The van der Waals surface area contributed by atoms with E-state index in [0.29, 0.717) is 17.7 Å². The van der Waals surface area contributed by atoms with E-state index >= 15 is 0 Å². The molecule has 3 aliphatic carbocycles. The first-order chi connectivity index (χ1) is 21.4.